The molecule has 0 spiro atoms. The summed E-state index contributed by atoms with van der Waals surface area (Å²) in [5, 5.41) is 0. The van der Waals surface area contributed by atoms with Crippen LogP contribution in [0.15, 0.2) is 11.1 Å². The molecule has 1 atom stereocenters. The van der Waals surface area contributed by atoms with Gasteiger partial charge in [-0.25, -0.2) is 0 Å². The number of rotatable bonds is 0. The number of hydrogen-bond acceptors (Lipinski definition) is 1. The van der Waals surface area contributed by atoms with E-state index in [1.807, 2.05) is 13.8 Å². The van der Waals surface area contributed by atoms with Gasteiger partial charge in [-0.15, -0.1) is 0 Å². The fourth-order valence-electron chi connectivity index (χ4n) is 1.88. The minimum atomic E-state index is -0.284. The molecule has 1 fully saturated rings. The predicted molar refractivity (Wildman–Crippen MR) is 62.4 cm³/mol. The highest BCUT2D eigenvalue weighted by Crippen LogP contribution is 2.46. The van der Waals surface area contributed by atoms with Crippen LogP contribution in [0.1, 0.15) is 33.6 Å². The third kappa shape index (κ3) is 2.44. The Labute approximate surface area is 96.2 Å². The first-order valence-corrected chi connectivity index (χ1v) is 6.02. The number of halogens is 2. The summed E-state index contributed by atoms with van der Waals surface area (Å²) in [7, 11) is 0. The Morgan fingerprint density at radius 3 is 2.38 bits per heavy atom. The summed E-state index contributed by atoms with van der Waals surface area (Å²) in [6.07, 6.45) is 1.65. The molecule has 3 heteroatoms. The lowest BCUT2D eigenvalue weighted by molar-refractivity contribution is -0.117. The van der Waals surface area contributed by atoms with E-state index in [2.05, 4.69) is 38.8 Å². The fraction of sp³-hybridized carbons (Fsp3) is 0.700. The van der Waals surface area contributed by atoms with Crippen LogP contribution in [-0.4, -0.2) is 9.02 Å². The molecule has 13 heavy (non-hydrogen) atoms. The lowest BCUT2D eigenvalue weighted by Gasteiger charge is -2.33. The normalized spacial score (nSPS) is 27.6. The van der Waals surface area contributed by atoms with Crippen LogP contribution in [-0.2, 0) is 4.79 Å². The molecular formula is C10H14Br2O. The van der Waals surface area contributed by atoms with E-state index in [4.69, 9.17) is 0 Å². The number of ketones is 1. The fourth-order valence-corrected chi connectivity index (χ4v) is 4.22. The first-order chi connectivity index (χ1) is 5.84. The smallest absolute Gasteiger partial charge is 0.161 e. The molecule has 74 valence electrons. The van der Waals surface area contributed by atoms with Crippen molar-refractivity contribution >= 4 is 37.6 Å². The molecule has 0 saturated heterocycles. The topological polar surface area (TPSA) is 17.1 Å². The average Bonchev–Trinajstić information content (AvgIpc) is 1.78. The van der Waals surface area contributed by atoms with Crippen LogP contribution in [0.2, 0.25) is 0 Å². The lowest BCUT2D eigenvalue weighted by Crippen LogP contribution is -2.32. The maximum atomic E-state index is 11.7. The molecule has 1 saturated carbocycles. The molecule has 1 rings (SSSR count). The van der Waals surface area contributed by atoms with Crippen molar-refractivity contribution in [3.8, 4) is 0 Å². The van der Waals surface area contributed by atoms with E-state index in [0.717, 1.165) is 17.6 Å². The van der Waals surface area contributed by atoms with Crippen LogP contribution in [0.5, 0.6) is 0 Å². The molecule has 0 aromatic rings. The Bertz CT molecular complexity index is 262. The molecule has 1 nitrogen and oxygen atoms in total. The van der Waals surface area contributed by atoms with E-state index in [1.54, 1.807) is 0 Å². The van der Waals surface area contributed by atoms with E-state index in [9.17, 15) is 4.79 Å². The number of Topliss-reactive ketones (excluding diaryl/α,β-unsaturated/α-hetero) is 1. The highest BCUT2D eigenvalue weighted by Gasteiger charge is 2.39. The zero-order valence-corrected chi connectivity index (χ0v) is 11.3. The average molecular weight is 310 g/mol. The summed E-state index contributed by atoms with van der Waals surface area (Å²) in [4.78, 5) is 11.7. The minimum absolute atomic E-state index is 0.271. The second kappa shape index (κ2) is 3.85. The number of carbonyl (C=O) groups is 1. The molecule has 1 aliphatic carbocycles. The Balaban J connectivity index is 3.07. The van der Waals surface area contributed by atoms with E-state index >= 15 is 0 Å². The van der Waals surface area contributed by atoms with E-state index < -0.39 is 0 Å². The van der Waals surface area contributed by atoms with Crippen molar-refractivity contribution < 1.29 is 4.79 Å². The van der Waals surface area contributed by atoms with Gasteiger partial charge in [0.15, 0.2) is 5.78 Å². The second-order valence-electron chi connectivity index (χ2n) is 4.02. The highest BCUT2D eigenvalue weighted by molar-refractivity contribution is 9.25. The number of allylic oxidation sites excluding steroid dienone is 2. The van der Waals surface area contributed by atoms with Crippen LogP contribution < -0.4 is 0 Å². The van der Waals surface area contributed by atoms with Gasteiger partial charge in [0.1, 0.15) is 3.23 Å². The maximum Gasteiger partial charge on any atom is 0.161 e. The van der Waals surface area contributed by atoms with E-state index in [1.165, 1.54) is 0 Å². The predicted octanol–water partition coefficient (Wildman–Crippen LogP) is 3.81. The van der Waals surface area contributed by atoms with E-state index in [-0.39, 0.29) is 9.02 Å². The van der Waals surface area contributed by atoms with Gasteiger partial charge < -0.3 is 0 Å². The van der Waals surface area contributed by atoms with Crippen molar-refractivity contribution in [1.29, 1.82) is 0 Å². The first kappa shape index (κ1) is 11.4. The van der Waals surface area contributed by atoms with Crippen LogP contribution in [0, 0.1) is 5.92 Å². The van der Waals surface area contributed by atoms with Gasteiger partial charge in [0.2, 0.25) is 0 Å². The Morgan fingerprint density at radius 2 is 2.00 bits per heavy atom. The van der Waals surface area contributed by atoms with Gasteiger partial charge in [-0.2, -0.15) is 0 Å². The molecule has 0 radical (unpaired) electrons. The van der Waals surface area contributed by atoms with Gasteiger partial charge in [-0.3, -0.25) is 4.79 Å². The third-order valence-corrected chi connectivity index (χ3v) is 3.72. The zero-order chi connectivity index (χ0) is 10.2. The van der Waals surface area contributed by atoms with Crippen LogP contribution >= 0.6 is 31.9 Å². The Kier molecular flexibility index (Phi) is 3.39. The Hall–Kier alpha value is 0.370. The maximum absolute atomic E-state index is 11.7. The van der Waals surface area contributed by atoms with Crippen molar-refractivity contribution in [2.45, 2.75) is 36.8 Å². The molecule has 0 N–H and O–H groups in total. The summed E-state index contributed by atoms with van der Waals surface area (Å²) in [5.74, 6) is 0.724. The Morgan fingerprint density at radius 1 is 1.46 bits per heavy atom. The molecule has 0 amide bonds. The molecule has 0 aromatic carbocycles. The number of hydrogen-bond donors (Lipinski definition) is 0. The van der Waals surface area contributed by atoms with Crippen molar-refractivity contribution in [1.82, 2.24) is 0 Å². The van der Waals surface area contributed by atoms with Gasteiger partial charge in [0.05, 0.1) is 0 Å². The summed E-state index contributed by atoms with van der Waals surface area (Å²) < 4.78 is -0.284. The summed E-state index contributed by atoms with van der Waals surface area (Å²) in [6, 6.07) is 0. The van der Waals surface area contributed by atoms with Crippen molar-refractivity contribution in [3.05, 3.63) is 11.1 Å². The highest BCUT2D eigenvalue weighted by atomic mass is 79.9. The molecule has 0 aromatic heterocycles. The lowest BCUT2D eigenvalue weighted by atomic mass is 9.84. The minimum Gasteiger partial charge on any atom is -0.294 e. The zero-order valence-electron chi connectivity index (χ0n) is 8.16. The summed E-state index contributed by atoms with van der Waals surface area (Å²) in [5.41, 5.74) is 2.01. The molecular weight excluding hydrogens is 296 g/mol. The quantitative estimate of drug-likeness (QED) is 0.491. The summed E-state index contributed by atoms with van der Waals surface area (Å²) >= 11 is 7.16. The van der Waals surface area contributed by atoms with Crippen LogP contribution in [0.25, 0.3) is 0 Å². The first-order valence-electron chi connectivity index (χ1n) is 4.43. The van der Waals surface area contributed by atoms with Crippen molar-refractivity contribution in [2.24, 2.45) is 5.92 Å². The SMILES string of the molecule is CC(C)=C1C(=O)C[C@@H](C)CC1(Br)Br. The second-order valence-corrected chi connectivity index (χ2v) is 7.79. The van der Waals surface area contributed by atoms with Crippen LogP contribution in [0.3, 0.4) is 0 Å². The molecule has 0 unspecified atom stereocenters. The van der Waals surface area contributed by atoms with Gasteiger partial charge in [-0.1, -0.05) is 44.4 Å². The van der Waals surface area contributed by atoms with Gasteiger partial charge in [0, 0.05) is 12.0 Å². The molecule has 0 heterocycles. The van der Waals surface area contributed by atoms with Crippen molar-refractivity contribution in [2.75, 3.05) is 0 Å². The molecule has 0 bridgehead atoms. The largest absolute Gasteiger partial charge is 0.294 e. The van der Waals surface area contributed by atoms with Crippen LogP contribution in [0.4, 0.5) is 0 Å². The van der Waals surface area contributed by atoms with Gasteiger partial charge in [-0.05, 0) is 26.2 Å². The van der Waals surface area contributed by atoms with Crippen molar-refractivity contribution in [3.63, 3.8) is 0 Å². The number of alkyl halides is 2. The number of carbonyl (C=O) groups excluding carboxylic acids is 1. The van der Waals surface area contributed by atoms with Gasteiger partial charge in [0.25, 0.3) is 0 Å². The van der Waals surface area contributed by atoms with Gasteiger partial charge >= 0.3 is 0 Å². The monoisotopic (exact) mass is 308 g/mol. The third-order valence-electron chi connectivity index (χ3n) is 2.28. The molecule has 1 aliphatic rings. The molecule has 0 aliphatic heterocycles. The summed E-state index contributed by atoms with van der Waals surface area (Å²) in [6.45, 7) is 6.08. The van der Waals surface area contributed by atoms with E-state index in [0.29, 0.717) is 12.3 Å². The standard InChI is InChI=1S/C10H14Br2O/c1-6(2)9-8(13)4-7(3)5-10(9,11)12/h7H,4-5H2,1-3H3/t7-/m1/s1.